The van der Waals surface area contributed by atoms with Gasteiger partial charge in [0.15, 0.2) is 0 Å². The maximum absolute atomic E-state index is 16.4. The monoisotopic (exact) mass is 764 g/mol. The van der Waals surface area contributed by atoms with Crippen LogP contribution in [0, 0.1) is 5.82 Å². The van der Waals surface area contributed by atoms with E-state index in [4.69, 9.17) is 23.7 Å². The minimum atomic E-state index is -0.830. The number of hydrogen-bond acceptors (Lipinski definition) is 6. The van der Waals surface area contributed by atoms with Crippen molar-refractivity contribution in [2.75, 3.05) is 6.61 Å². The van der Waals surface area contributed by atoms with Crippen molar-refractivity contribution >= 4 is 21.4 Å². The molecule has 56 heavy (non-hydrogen) atoms. The molecule has 0 saturated carbocycles. The van der Waals surface area contributed by atoms with Gasteiger partial charge in [0.05, 0.1) is 33.0 Å². The van der Waals surface area contributed by atoms with Crippen LogP contribution in [-0.4, -0.2) is 31.0 Å². The normalized spacial score (nSPS) is 19.6. The van der Waals surface area contributed by atoms with Crippen LogP contribution in [0.3, 0.4) is 0 Å². The minimum absolute atomic E-state index is 0.199. The first-order chi connectivity index (χ1) is 27.7. The predicted octanol–water partition coefficient (Wildman–Crippen LogP) is 11.0. The van der Waals surface area contributed by atoms with E-state index in [1.807, 2.05) is 133 Å². The summed E-state index contributed by atoms with van der Waals surface area (Å²) >= 11 is 1.76. The predicted molar refractivity (Wildman–Crippen MR) is 220 cm³/mol. The van der Waals surface area contributed by atoms with Gasteiger partial charge in [0.2, 0.25) is 0 Å². The van der Waals surface area contributed by atoms with Crippen molar-refractivity contribution in [3.63, 3.8) is 0 Å². The van der Waals surface area contributed by atoms with E-state index in [1.165, 1.54) is 15.0 Å². The lowest BCUT2D eigenvalue weighted by Crippen LogP contribution is -2.58. The van der Waals surface area contributed by atoms with Gasteiger partial charge >= 0.3 is 0 Å². The molecule has 1 fully saturated rings. The Kier molecular flexibility index (Phi) is 12.7. The molecule has 284 valence electrons. The SMILES string of the molecule is Fc1ccc(Cc2cc3ccccc3s2)cc1[C@@H]1O[C@H](COCc2ccccc2)[C@@H](OCc2ccccc2)[C@H](OCc2ccccc2)[C@H]1OCc1ccccc1. The molecule has 1 aromatic heterocycles. The van der Waals surface area contributed by atoms with Crippen molar-refractivity contribution in [1.82, 2.24) is 0 Å². The Balaban J connectivity index is 1.17. The highest BCUT2D eigenvalue weighted by Gasteiger charge is 2.49. The second kappa shape index (κ2) is 18.8. The summed E-state index contributed by atoms with van der Waals surface area (Å²) in [7, 11) is 0. The van der Waals surface area contributed by atoms with Gasteiger partial charge in [-0.1, -0.05) is 146 Å². The average molecular weight is 765 g/mol. The molecular formula is C49H45FO5S. The highest BCUT2D eigenvalue weighted by Crippen LogP contribution is 2.40. The lowest BCUT2D eigenvalue weighted by molar-refractivity contribution is -0.275. The Labute approximate surface area is 332 Å². The summed E-state index contributed by atoms with van der Waals surface area (Å²) in [6.45, 7) is 1.50. The Morgan fingerprint density at radius 2 is 1.02 bits per heavy atom. The minimum Gasteiger partial charge on any atom is -0.374 e. The van der Waals surface area contributed by atoms with Crippen LogP contribution in [0.25, 0.3) is 10.1 Å². The summed E-state index contributed by atoms with van der Waals surface area (Å²) < 4.78 is 51.6. The average Bonchev–Trinajstić information content (AvgIpc) is 3.66. The van der Waals surface area contributed by atoms with Gasteiger partial charge in [-0.15, -0.1) is 11.3 Å². The zero-order valence-electron chi connectivity index (χ0n) is 31.1. The van der Waals surface area contributed by atoms with Crippen LogP contribution in [0.4, 0.5) is 4.39 Å². The number of thiophene rings is 1. The summed E-state index contributed by atoms with van der Waals surface area (Å²) in [5.41, 5.74) is 5.46. The van der Waals surface area contributed by atoms with E-state index < -0.39 is 30.5 Å². The van der Waals surface area contributed by atoms with Crippen molar-refractivity contribution in [2.45, 2.75) is 63.4 Å². The Hall–Kier alpha value is -4.99. The fourth-order valence-electron chi connectivity index (χ4n) is 7.29. The molecule has 0 spiro atoms. The van der Waals surface area contributed by atoms with Crippen LogP contribution < -0.4 is 0 Å². The van der Waals surface area contributed by atoms with Crippen molar-refractivity contribution in [3.8, 4) is 0 Å². The van der Waals surface area contributed by atoms with Gasteiger partial charge in [-0.3, -0.25) is 0 Å². The van der Waals surface area contributed by atoms with Crippen LogP contribution in [0.5, 0.6) is 0 Å². The first-order valence-electron chi connectivity index (χ1n) is 19.2. The molecule has 8 rings (SSSR count). The topological polar surface area (TPSA) is 46.2 Å². The molecule has 5 atom stereocenters. The summed E-state index contributed by atoms with van der Waals surface area (Å²) in [4.78, 5) is 1.20. The van der Waals surface area contributed by atoms with E-state index in [0.29, 0.717) is 31.8 Å². The Morgan fingerprint density at radius 1 is 0.500 bits per heavy atom. The fourth-order valence-corrected chi connectivity index (χ4v) is 8.38. The lowest BCUT2D eigenvalue weighted by Gasteiger charge is -2.46. The second-order valence-electron chi connectivity index (χ2n) is 14.2. The Morgan fingerprint density at radius 3 is 1.61 bits per heavy atom. The number of benzene rings is 6. The standard InChI is InChI=1S/C49H45FO5S/c50-43-26-25-39(27-41-29-40-23-13-14-24-45(40)56-41)28-42(43)46-48(53-32-37-19-9-3-10-20-37)49(54-33-38-21-11-4-12-22-38)47(52-31-36-17-7-2-8-18-36)44(55-46)34-51-30-35-15-5-1-6-16-35/h1-26,28-29,44,46-49H,27,30-34H2/t44-,46+,47-,48+,49+/m1/s1. The first kappa shape index (κ1) is 37.9. The maximum Gasteiger partial charge on any atom is 0.129 e. The summed E-state index contributed by atoms with van der Waals surface area (Å²) in [6, 6.07) is 56.1. The molecule has 0 unspecified atom stereocenters. The largest absolute Gasteiger partial charge is 0.374 e. The van der Waals surface area contributed by atoms with Crippen molar-refractivity contribution in [3.05, 3.63) is 214 Å². The van der Waals surface area contributed by atoms with Crippen molar-refractivity contribution in [2.24, 2.45) is 0 Å². The third kappa shape index (κ3) is 9.68. The van der Waals surface area contributed by atoms with Crippen LogP contribution in [0.15, 0.2) is 170 Å². The van der Waals surface area contributed by atoms with Crippen molar-refractivity contribution < 1.29 is 28.1 Å². The number of halogens is 1. The highest BCUT2D eigenvalue weighted by molar-refractivity contribution is 7.19. The van der Waals surface area contributed by atoms with Gasteiger partial charge in [0, 0.05) is 21.6 Å². The molecular weight excluding hydrogens is 720 g/mol. The first-order valence-corrected chi connectivity index (χ1v) is 20.0. The number of ether oxygens (including phenoxy) is 5. The van der Waals surface area contributed by atoms with Gasteiger partial charge in [-0.2, -0.15) is 0 Å². The third-order valence-corrected chi connectivity index (χ3v) is 11.2. The zero-order valence-corrected chi connectivity index (χ0v) is 31.9. The van der Waals surface area contributed by atoms with Crippen LogP contribution >= 0.6 is 11.3 Å². The summed E-state index contributed by atoms with van der Waals surface area (Å²) in [5, 5.41) is 1.21. The molecule has 6 aromatic carbocycles. The van der Waals surface area contributed by atoms with Gasteiger partial charge in [0.25, 0.3) is 0 Å². The number of hydrogen-bond donors (Lipinski definition) is 0. The van der Waals surface area contributed by atoms with E-state index in [0.717, 1.165) is 27.8 Å². The van der Waals surface area contributed by atoms with Gasteiger partial charge in [-0.25, -0.2) is 4.39 Å². The molecule has 1 saturated heterocycles. The summed E-state index contributed by atoms with van der Waals surface area (Å²) in [5.74, 6) is -0.363. The smallest absolute Gasteiger partial charge is 0.129 e. The molecule has 5 nitrogen and oxygen atoms in total. The molecule has 1 aliphatic rings. The molecule has 2 heterocycles. The van der Waals surface area contributed by atoms with Gasteiger partial charge < -0.3 is 23.7 Å². The second-order valence-corrected chi connectivity index (χ2v) is 15.3. The molecule has 0 bridgehead atoms. The maximum atomic E-state index is 16.4. The quantitative estimate of drug-likeness (QED) is 0.0981. The number of fused-ring (bicyclic) bond motifs is 1. The van der Waals surface area contributed by atoms with E-state index in [2.05, 4.69) is 30.3 Å². The van der Waals surface area contributed by atoms with Gasteiger partial charge in [-0.05, 0) is 57.5 Å². The Bertz CT molecular complexity index is 2220. The lowest BCUT2D eigenvalue weighted by atomic mass is 9.89. The molecule has 0 N–H and O–H groups in total. The highest BCUT2D eigenvalue weighted by atomic mass is 32.1. The molecule has 0 aliphatic carbocycles. The third-order valence-electron chi connectivity index (χ3n) is 10.1. The summed E-state index contributed by atoms with van der Waals surface area (Å²) in [6.07, 6.45) is -2.79. The number of rotatable bonds is 16. The van der Waals surface area contributed by atoms with E-state index in [9.17, 15) is 0 Å². The van der Waals surface area contributed by atoms with E-state index in [1.54, 1.807) is 17.4 Å². The van der Waals surface area contributed by atoms with E-state index >= 15 is 4.39 Å². The zero-order chi connectivity index (χ0) is 37.9. The van der Waals surface area contributed by atoms with Crippen LogP contribution in [0.1, 0.15) is 44.4 Å². The molecule has 0 amide bonds. The molecule has 1 aliphatic heterocycles. The van der Waals surface area contributed by atoms with Gasteiger partial charge in [0.1, 0.15) is 36.3 Å². The van der Waals surface area contributed by atoms with Crippen LogP contribution in [0.2, 0.25) is 0 Å². The molecule has 7 aromatic rings. The molecule has 0 radical (unpaired) electrons. The molecule has 7 heteroatoms. The van der Waals surface area contributed by atoms with Crippen LogP contribution in [-0.2, 0) is 56.5 Å². The van der Waals surface area contributed by atoms with E-state index in [-0.39, 0.29) is 19.0 Å². The van der Waals surface area contributed by atoms with Crippen molar-refractivity contribution in [1.29, 1.82) is 0 Å². The fraction of sp³-hybridized carbons (Fsp3) is 0.224.